The molecule has 0 radical (unpaired) electrons. The summed E-state index contributed by atoms with van der Waals surface area (Å²) in [6.07, 6.45) is -1.98. The van der Waals surface area contributed by atoms with Crippen molar-refractivity contribution in [2.75, 3.05) is 11.9 Å². The van der Waals surface area contributed by atoms with Crippen molar-refractivity contribution in [3.05, 3.63) is 84.4 Å². The van der Waals surface area contributed by atoms with E-state index in [0.29, 0.717) is 5.56 Å². The van der Waals surface area contributed by atoms with E-state index in [1.807, 2.05) is 30.3 Å². The van der Waals surface area contributed by atoms with Crippen molar-refractivity contribution in [1.29, 1.82) is 0 Å². The summed E-state index contributed by atoms with van der Waals surface area (Å²) in [7, 11) is -5.01. The molecule has 2 fully saturated rings. The number of amides is 1. The van der Waals surface area contributed by atoms with Gasteiger partial charge in [0.2, 0.25) is 5.91 Å². The zero-order chi connectivity index (χ0) is 30.2. The van der Waals surface area contributed by atoms with Crippen molar-refractivity contribution in [2.45, 2.75) is 49.7 Å². The van der Waals surface area contributed by atoms with E-state index in [2.05, 4.69) is 25.7 Å². The number of aliphatic hydroxyl groups is 1. The van der Waals surface area contributed by atoms with E-state index in [0.717, 1.165) is 5.56 Å². The average Bonchev–Trinajstić information content (AvgIpc) is 3.66. The largest absolute Gasteiger partial charge is 0.470 e. The van der Waals surface area contributed by atoms with Crippen molar-refractivity contribution >= 4 is 30.7 Å². The number of rotatable bonds is 11. The van der Waals surface area contributed by atoms with Crippen LogP contribution in [0.25, 0.3) is 11.2 Å². The van der Waals surface area contributed by atoms with Crippen molar-refractivity contribution in [2.24, 2.45) is 0 Å². The normalized spacial score (nSPS) is 24.7. The van der Waals surface area contributed by atoms with Gasteiger partial charge in [-0.1, -0.05) is 60.7 Å². The van der Waals surface area contributed by atoms with Crippen LogP contribution in [0.5, 0.6) is 0 Å². The molecule has 0 spiro atoms. The number of phosphoric acid groups is 1. The van der Waals surface area contributed by atoms with Crippen LogP contribution in [-0.4, -0.2) is 70.8 Å². The molecule has 2 aromatic carbocycles. The van der Waals surface area contributed by atoms with E-state index in [1.54, 1.807) is 37.3 Å². The molecule has 1 amide bonds. The molecule has 2 aliphatic rings. The van der Waals surface area contributed by atoms with Gasteiger partial charge in [0.05, 0.1) is 19.5 Å². The third-order valence-corrected chi connectivity index (χ3v) is 7.82. The number of hydroxylamine groups is 1. The lowest BCUT2D eigenvalue weighted by Crippen LogP contribution is -2.47. The number of nitrogens with zero attached hydrogens (tertiary/aromatic N) is 4. The predicted molar refractivity (Wildman–Crippen MR) is 149 cm³/mol. The Balaban J connectivity index is 1.21. The Morgan fingerprint density at radius 3 is 2.58 bits per heavy atom. The van der Waals surface area contributed by atoms with Gasteiger partial charge in [0.25, 0.3) is 0 Å². The number of aromatic nitrogens is 4. The molecule has 43 heavy (non-hydrogen) atoms. The first kappa shape index (κ1) is 29.4. The van der Waals surface area contributed by atoms with Gasteiger partial charge >= 0.3 is 7.82 Å². The van der Waals surface area contributed by atoms with Crippen molar-refractivity contribution in [3.63, 3.8) is 0 Å². The summed E-state index contributed by atoms with van der Waals surface area (Å²) < 4.78 is 30.8. The van der Waals surface area contributed by atoms with Crippen molar-refractivity contribution < 1.29 is 43.1 Å². The molecule has 2 bridgehead atoms. The number of hydrogen-bond acceptors (Lipinski definition) is 11. The Morgan fingerprint density at radius 1 is 1.14 bits per heavy atom. The monoisotopic (exact) mass is 612 g/mol. The van der Waals surface area contributed by atoms with E-state index in [9.17, 15) is 24.3 Å². The summed E-state index contributed by atoms with van der Waals surface area (Å²) in [6.45, 7) is 1.71. The maximum atomic E-state index is 12.9. The van der Waals surface area contributed by atoms with Crippen LogP contribution in [0.2, 0.25) is 0 Å². The zero-order valence-electron chi connectivity index (χ0n) is 22.8. The number of ether oxygens (including phenoxy) is 2. The highest BCUT2D eigenvalue weighted by Crippen LogP contribution is 2.56. The second-order valence-corrected chi connectivity index (χ2v) is 11.4. The minimum atomic E-state index is -5.01. The molecule has 16 heteroatoms. The standard InChI is InChI=1S/C27H29N6O9P/c1-16(32-40-12-17-8-4-2-5-9-17)25(35)31-23-19-24(29-14-28-23)33(15-30-19)26-20-21(34)27(41-26,13-39-20)22(42-43(36,37)38)18-10-6-3-7-11-18/h2-11,14-16,20-22,26,32,34H,12-13H2,1H3,(H2,36,37,38)(H,28,29,31,35)/t16-,20+,21-,22?,26+,27+/m0/s1. The van der Waals surface area contributed by atoms with Gasteiger partial charge in [0.15, 0.2) is 28.8 Å². The fourth-order valence-electron chi connectivity index (χ4n) is 5.25. The second kappa shape index (κ2) is 11.8. The SMILES string of the molecule is C[C@H](NOCc1ccccc1)C(=O)Nc1ncnc2c1ncn2[C@@H]1O[C@]2(C(OP(=O)(O)O)c3ccccc3)CO[C@@H]1[C@@H]2O. The van der Waals surface area contributed by atoms with Gasteiger partial charge < -0.3 is 29.7 Å². The molecule has 2 aromatic heterocycles. The fourth-order valence-corrected chi connectivity index (χ4v) is 5.83. The van der Waals surface area contributed by atoms with Crippen LogP contribution in [0.15, 0.2) is 73.3 Å². The Morgan fingerprint density at radius 2 is 1.86 bits per heavy atom. The molecule has 4 aromatic rings. The van der Waals surface area contributed by atoms with Gasteiger partial charge in [-0.3, -0.25) is 18.7 Å². The van der Waals surface area contributed by atoms with Crippen LogP contribution < -0.4 is 10.8 Å². The third-order valence-electron chi connectivity index (χ3n) is 7.33. The highest BCUT2D eigenvalue weighted by Gasteiger charge is 2.66. The smallest absolute Gasteiger partial charge is 0.387 e. The number of nitrogens with one attached hydrogen (secondary N) is 2. The number of aliphatic hydroxyl groups excluding tert-OH is 1. The van der Waals surface area contributed by atoms with Crippen molar-refractivity contribution in [1.82, 2.24) is 25.0 Å². The highest BCUT2D eigenvalue weighted by atomic mass is 31.2. The number of carbonyl (C=O) groups excluding carboxylic acids is 1. The molecule has 2 aliphatic heterocycles. The molecule has 15 nitrogen and oxygen atoms in total. The predicted octanol–water partition coefficient (Wildman–Crippen LogP) is 1.75. The van der Waals surface area contributed by atoms with E-state index < -0.39 is 49.9 Å². The molecule has 0 saturated carbocycles. The maximum absolute atomic E-state index is 12.9. The lowest BCUT2D eigenvalue weighted by atomic mass is 9.88. The minimum absolute atomic E-state index is 0.136. The zero-order valence-corrected chi connectivity index (χ0v) is 23.7. The molecule has 226 valence electrons. The van der Waals surface area contributed by atoms with Crippen molar-refractivity contribution in [3.8, 4) is 0 Å². The highest BCUT2D eigenvalue weighted by molar-refractivity contribution is 7.46. The molecule has 2 saturated heterocycles. The summed E-state index contributed by atoms with van der Waals surface area (Å²) in [6, 6.07) is 17.1. The van der Waals surface area contributed by atoms with Crippen LogP contribution in [0, 0.1) is 0 Å². The fraction of sp³-hybridized carbons (Fsp3) is 0.333. The number of anilines is 1. The molecule has 4 heterocycles. The van der Waals surface area contributed by atoms with Gasteiger partial charge in [-0.2, -0.15) is 5.48 Å². The van der Waals surface area contributed by atoms with Gasteiger partial charge in [-0.05, 0) is 18.1 Å². The number of imidazole rings is 1. The topological polar surface area (TPSA) is 199 Å². The van der Waals surface area contributed by atoms with Gasteiger partial charge in [-0.15, -0.1) is 0 Å². The molecule has 0 aliphatic carbocycles. The minimum Gasteiger partial charge on any atom is -0.387 e. The van der Waals surface area contributed by atoms with Gasteiger partial charge in [0, 0.05) is 0 Å². The Bertz CT molecular complexity index is 1640. The van der Waals surface area contributed by atoms with Crippen LogP contribution in [0.3, 0.4) is 0 Å². The summed E-state index contributed by atoms with van der Waals surface area (Å²) in [5.41, 5.74) is 2.88. The first-order valence-corrected chi connectivity index (χ1v) is 14.9. The summed E-state index contributed by atoms with van der Waals surface area (Å²) >= 11 is 0. The molecule has 6 rings (SSSR count). The first-order chi connectivity index (χ1) is 20.7. The van der Waals surface area contributed by atoms with Crippen LogP contribution >= 0.6 is 7.82 Å². The summed E-state index contributed by atoms with van der Waals surface area (Å²) in [5, 5.41) is 14.0. The Hall–Kier alpha value is -3.63. The summed E-state index contributed by atoms with van der Waals surface area (Å²) in [5.74, 6) is -0.298. The van der Waals surface area contributed by atoms with E-state index in [-0.39, 0.29) is 30.2 Å². The van der Waals surface area contributed by atoms with E-state index in [4.69, 9.17) is 18.8 Å². The Labute approximate surface area is 245 Å². The van der Waals surface area contributed by atoms with E-state index in [1.165, 1.54) is 17.2 Å². The van der Waals surface area contributed by atoms with Gasteiger partial charge in [0.1, 0.15) is 30.7 Å². The molecule has 6 atom stereocenters. The van der Waals surface area contributed by atoms with Crippen LogP contribution in [0.4, 0.5) is 5.82 Å². The lowest BCUT2D eigenvalue weighted by Gasteiger charge is -2.37. The number of fused-ring (bicyclic) bond motifs is 3. The number of benzene rings is 2. The number of hydrogen-bond donors (Lipinski definition) is 5. The Kier molecular flexibility index (Phi) is 8.08. The van der Waals surface area contributed by atoms with Gasteiger partial charge in [-0.25, -0.2) is 19.5 Å². The molecule has 1 unspecified atom stereocenters. The van der Waals surface area contributed by atoms with Crippen LogP contribution in [0.1, 0.15) is 30.4 Å². The molecular formula is C27H29N6O9P. The average molecular weight is 613 g/mol. The van der Waals surface area contributed by atoms with Crippen LogP contribution in [-0.2, 0) is 34.8 Å². The third kappa shape index (κ3) is 5.82. The first-order valence-electron chi connectivity index (χ1n) is 13.3. The summed E-state index contributed by atoms with van der Waals surface area (Å²) in [4.78, 5) is 50.5. The quantitative estimate of drug-likeness (QED) is 0.121. The van der Waals surface area contributed by atoms with E-state index >= 15 is 0 Å². The number of phosphoric ester groups is 1. The maximum Gasteiger partial charge on any atom is 0.470 e. The molecular weight excluding hydrogens is 583 g/mol. The second-order valence-electron chi connectivity index (χ2n) is 10.2. The lowest BCUT2D eigenvalue weighted by molar-refractivity contribution is -0.207. The number of carbonyl (C=O) groups is 1. The molecule has 5 N–H and O–H groups in total.